The van der Waals surface area contributed by atoms with Crippen molar-refractivity contribution in [1.29, 1.82) is 0 Å². The number of hydrogen-bond acceptors (Lipinski definition) is 5. The van der Waals surface area contributed by atoms with Gasteiger partial charge >= 0.3 is 0 Å². The lowest BCUT2D eigenvalue weighted by molar-refractivity contribution is -0.132. The van der Waals surface area contributed by atoms with Gasteiger partial charge in [-0.2, -0.15) is 0 Å². The van der Waals surface area contributed by atoms with E-state index >= 15 is 0 Å². The molecular formula is C11H14N2O4S. The smallest absolute Gasteiger partial charge is 0.253 e. The van der Waals surface area contributed by atoms with Crippen LogP contribution in [0.3, 0.4) is 0 Å². The van der Waals surface area contributed by atoms with Gasteiger partial charge in [-0.1, -0.05) is 0 Å². The third kappa shape index (κ3) is 4.17. The van der Waals surface area contributed by atoms with E-state index in [0.717, 1.165) is 0 Å². The van der Waals surface area contributed by atoms with Crippen molar-refractivity contribution in [2.75, 3.05) is 7.11 Å². The maximum absolute atomic E-state index is 10.6. The number of hydrogen-bond donors (Lipinski definition) is 2. The molecule has 2 heterocycles. The number of piperidine rings is 1. The van der Waals surface area contributed by atoms with Crippen LogP contribution in [-0.2, 0) is 9.59 Å². The monoisotopic (exact) mass is 270 g/mol. The van der Waals surface area contributed by atoms with Gasteiger partial charge in [0, 0.05) is 12.8 Å². The lowest BCUT2D eigenvalue weighted by Crippen LogP contribution is -2.33. The zero-order chi connectivity index (χ0) is 13.5. The Balaban J connectivity index is 0.000000184. The molecule has 0 radical (unpaired) electrons. The van der Waals surface area contributed by atoms with Crippen LogP contribution in [0.2, 0.25) is 0 Å². The second-order valence-electron chi connectivity index (χ2n) is 3.52. The van der Waals surface area contributed by atoms with Crippen LogP contribution >= 0.6 is 11.3 Å². The predicted octanol–water partition coefficient (Wildman–Crippen LogP) is 0.669. The molecule has 1 aromatic heterocycles. The van der Waals surface area contributed by atoms with Crippen molar-refractivity contribution >= 4 is 29.1 Å². The average molecular weight is 270 g/mol. The molecule has 3 N–H and O–H groups in total. The second-order valence-corrected chi connectivity index (χ2v) is 4.39. The van der Waals surface area contributed by atoms with E-state index in [1.54, 1.807) is 11.4 Å². The van der Waals surface area contributed by atoms with Gasteiger partial charge in [0.25, 0.3) is 5.91 Å². The van der Waals surface area contributed by atoms with Crippen LogP contribution < -0.4 is 15.8 Å². The Morgan fingerprint density at radius 2 is 2.00 bits per heavy atom. The van der Waals surface area contributed by atoms with Gasteiger partial charge in [0.1, 0.15) is 0 Å². The first-order valence-corrected chi connectivity index (χ1v) is 6.16. The van der Waals surface area contributed by atoms with E-state index in [0.29, 0.717) is 29.9 Å². The number of nitrogens with two attached hydrogens (primary N) is 1. The summed E-state index contributed by atoms with van der Waals surface area (Å²) in [5, 5.41) is 4.54. The summed E-state index contributed by atoms with van der Waals surface area (Å²) in [6.45, 7) is 0. The van der Waals surface area contributed by atoms with Gasteiger partial charge < -0.3 is 10.5 Å². The van der Waals surface area contributed by atoms with E-state index in [1.165, 1.54) is 18.4 Å². The maximum Gasteiger partial charge on any atom is 0.253 e. The van der Waals surface area contributed by atoms with Gasteiger partial charge in [-0.25, -0.2) is 0 Å². The molecule has 7 heteroatoms. The topological polar surface area (TPSA) is 98.5 Å². The first-order chi connectivity index (χ1) is 8.54. The van der Waals surface area contributed by atoms with Crippen LogP contribution in [-0.4, -0.2) is 24.8 Å². The third-order valence-electron chi connectivity index (χ3n) is 2.17. The molecular weight excluding hydrogens is 256 g/mol. The Hall–Kier alpha value is -1.89. The number of ether oxygens (including phenoxy) is 1. The van der Waals surface area contributed by atoms with Gasteiger partial charge in [-0.05, 0) is 17.9 Å². The molecule has 18 heavy (non-hydrogen) atoms. The molecule has 0 saturated carbocycles. The fraction of sp³-hybridized carbons (Fsp3) is 0.364. The largest absolute Gasteiger partial charge is 0.487 e. The molecule has 98 valence electrons. The molecule has 0 atom stereocenters. The quantitative estimate of drug-likeness (QED) is 0.771. The van der Waals surface area contributed by atoms with Crippen LogP contribution in [0.25, 0.3) is 0 Å². The van der Waals surface area contributed by atoms with Crippen molar-refractivity contribution in [3.63, 3.8) is 0 Å². The molecule has 0 unspecified atom stereocenters. The zero-order valence-electron chi connectivity index (χ0n) is 9.89. The number of primary amides is 1. The summed E-state index contributed by atoms with van der Waals surface area (Å²) in [4.78, 5) is 31.3. The van der Waals surface area contributed by atoms with Crippen molar-refractivity contribution in [1.82, 2.24) is 5.32 Å². The summed E-state index contributed by atoms with van der Waals surface area (Å²) in [5.41, 5.74) is 5.47. The van der Waals surface area contributed by atoms with E-state index in [4.69, 9.17) is 10.5 Å². The highest BCUT2D eigenvalue weighted by Crippen LogP contribution is 2.24. The minimum absolute atomic E-state index is 0.138. The van der Waals surface area contributed by atoms with Gasteiger partial charge in [0.05, 0.1) is 12.7 Å². The Morgan fingerprint density at radius 3 is 2.33 bits per heavy atom. The molecule has 0 bridgehead atoms. The maximum atomic E-state index is 10.6. The summed E-state index contributed by atoms with van der Waals surface area (Å²) >= 11 is 1.35. The molecule has 6 nitrogen and oxygen atoms in total. The van der Waals surface area contributed by atoms with Gasteiger partial charge in [-0.3, -0.25) is 19.7 Å². The van der Waals surface area contributed by atoms with E-state index in [1.807, 2.05) is 0 Å². The minimum atomic E-state index is -0.446. The number of imide groups is 1. The SMILES string of the molecule is COc1sccc1C(N)=O.O=C1CCCC(=O)N1. The van der Waals surface area contributed by atoms with Crippen LogP contribution in [0.4, 0.5) is 0 Å². The molecule has 0 spiro atoms. The third-order valence-corrected chi connectivity index (χ3v) is 3.04. The Morgan fingerprint density at radius 1 is 1.39 bits per heavy atom. The number of thiophene rings is 1. The molecule has 1 aromatic rings. The normalized spacial score (nSPS) is 14.3. The van der Waals surface area contributed by atoms with Crippen LogP contribution in [0, 0.1) is 0 Å². The molecule has 3 amide bonds. The lowest BCUT2D eigenvalue weighted by atomic mass is 10.1. The molecule has 2 rings (SSSR count). The number of nitrogens with one attached hydrogen (secondary N) is 1. The number of carbonyl (C=O) groups is 3. The van der Waals surface area contributed by atoms with Crippen molar-refractivity contribution < 1.29 is 19.1 Å². The average Bonchev–Trinajstić information content (AvgIpc) is 2.77. The Kier molecular flexibility index (Phi) is 5.31. The van der Waals surface area contributed by atoms with E-state index < -0.39 is 5.91 Å². The molecule has 0 aromatic carbocycles. The summed E-state index contributed by atoms with van der Waals surface area (Å²) in [5.74, 6) is -0.722. The molecule has 1 aliphatic rings. The number of carbonyl (C=O) groups excluding carboxylic acids is 3. The standard InChI is InChI=1S/C6H7NO2S.C5H7NO2/c1-9-6-4(5(7)8)2-3-10-6;7-4-2-1-3-5(8)6-4/h2-3H,1H3,(H2,7,8);1-3H2,(H,6,7,8). The molecule has 1 fully saturated rings. The highest BCUT2D eigenvalue weighted by atomic mass is 32.1. The minimum Gasteiger partial charge on any atom is -0.487 e. The van der Waals surface area contributed by atoms with Gasteiger partial charge in [0.15, 0.2) is 5.06 Å². The van der Waals surface area contributed by atoms with E-state index in [2.05, 4.69) is 5.32 Å². The van der Waals surface area contributed by atoms with Crippen molar-refractivity contribution in [2.45, 2.75) is 19.3 Å². The van der Waals surface area contributed by atoms with Crippen molar-refractivity contribution in [3.8, 4) is 5.06 Å². The van der Waals surface area contributed by atoms with E-state index in [9.17, 15) is 14.4 Å². The molecule has 1 saturated heterocycles. The number of amides is 3. The second kappa shape index (κ2) is 6.75. The van der Waals surface area contributed by atoms with Gasteiger partial charge in [-0.15, -0.1) is 11.3 Å². The van der Waals surface area contributed by atoms with E-state index in [-0.39, 0.29) is 11.8 Å². The first-order valence-electron chi connectivity index (χ1n) is 5.28. The van der Waals surface area contributed by atoms with Gasteiger partial charge in [0.2, 0.25) is 11.8 Å². The number of rotatable bonds is 2. The molecule has 0 aliphatic carbocycles. The van der Waals surface area contributed by atoms with Crippen LogP contribution in [0.1, 0.15) is 29.6 Å². The first kappa shape index (κ1) is 14.2. The van der Waals surface area contributed by atoms with Crippen LogP contribution in [0.15, 0.2) is 11.4 Å². The fourth-order valence-corrected chi connectivity index (χ4v) is 2.05. The Labute approximate surface area is 108 Å². The number of methoxy groups -OCH3 is 1. The molecule has 1 aliphatic heterocycles. The summed E-state index contributed by atoms with van der Waals surface area (Å²) in [7, 11) is 1.51. The van der Waals surface area contributed by atoms with Crippen molar-refractivity contribution in [2.24, 2.45) is 5.73 Å². The zero-order valence-corrected chi connectivity index (χ0v) is 10.7. The summed E-state index contributed by atoms with van der Waals surface area (Å²) < 4.78 is 4.86. The van der Waals surface area contributed by atoms with Crippen molar-refractivity contribution in [3.05, 3.63) is 17.0 Å². The lowest BCUT2D eigenvalue weighted by Gasteiger charge is -2.07. The highest BCUT2D eigenvalue weighted by Gasteiger charge is 2.13. The predicted molar refractivity (Wildman–Crippen MR) is 66.4 cm³/mol. The summed E-state index contributed by atoms with van der Waals surface area (Å²) in [6, 6.07) is 1.64. The Bertz CT molecular complexity index is 442. The highest BCUT2D eigenvalue weighted by molar-refractivity contribution is 7.12. The summed E-state index contributed by atoms with van der Waals surface area (Å²) in [6.07, 6.45) is 1.72. The van der Waals surface area contributed by atoms with Crippen LogP contribution in [0.5, 0.6) is 5.06 Å². The fourth-order valence-electron chi connectivity index (χ4n) is 1.33.